The van der Waals surface area contributed by atoms with Gasteiger partial charge >= 0.3 is 0 Å². The average molecular weight is 400 g/mol. The van der Waals surface area contributed by atoms with Crippen molar-refractivity contribution in [3.63, 3.8) is 0 Å². The van der Waals surface area contributed by atoms with Crippen LogP contribution in [0, 0.1) is 6.92 Å². The van der Waals surface area contributed by atoms with Crippen molar-refractivity contribution >= 4 is 22.7 Å². The van der Waals surface area contributed by atoms with E-state index in [-0.39, 0.29) is 0 Å². The maximum Gasteiger partial charge on any atom is 0.166 e. The van der Waals surface area contributed by atoms with Crippen LogP contribution in [0.25, 0.3) is 22.3 Å². The summed E-state index contributed by atoms with van der Waals surface area (Å²) in [5.41, 5.74) is 8.53. The number of nitrogens with zero attached hydrogens (tertiary/aromatic N) is 4. The molecule has 0 aliphatic carbocycles. The van der Waals surface area contributed by atoms with Crippen molar-refractivity contribution in [2.24, 2.45) is 16.8 Å². The number of fused-ring (bicyclic) bond motifs is 1. The van der Waals surface area contributed by atoms with Gasteiger partial charge in [-0.25, -0.2) is 15.8 Å². The van der Waals surface area contributed by atoms with Gasteiger partial charge < -0.3 is 21.2 Å². The van der Waals surface area contributed by atoms with Crippen molar-refractivity contribution in [2.75, 3.05) is 11.9 Å². The number of hydrazine groups is 1. The summed E-state index contributed by atoms with van der Waals surface area (Å²) in [5.74, 6) is 12.1. The summed E-state index contributed by atoms with van der Waals surface area (Å²) in [5, 5.41) is 4.61. The van der Waals surface area contributed by atoms with Crippen molar-refractivity contribution in [3.05, 3.63) is 77.6 Å². The zero-order valence-electron chi connectivity index (χ0n) is 16.9. The lowest BCUT2D eigenvalue weighted by molar-refractivity contribution is 0.899. The quantitative estimate of drug-likeness (QED) is 0.177. The molecule has 8 nitrogen and oxygen atoms in total. The predicted molar refractivity (Wildman–Crippen MR) is 121 cm³/mol. The van der Waals surface area contributed by atoms with E-state index < -0.39 is 0 Å². The molecule has 0 atom stereocenters. The fourth-order valence-electron chi connectivity index (χ4n) is 3.55. The molecular formula is C22H24N8. The van der Waals surface area contributed by atoms with E-state index >= 15 is 0 Å². The SMILES string of the molecule is Cc1cccc(CN(C)c2ncnc3[nH]c(-c4ccc(/C(=N/N)NN)cc4)cc23)c1. The van der Waals surface area contributed by atoms with E-state index in [0.29, 0.717) is 5.84 Å². The Morgan fingerprint density at radius 3 is 2.63 bits per heavy atom. The maximum atomic E-state index is 5.44. The zero-order valence-corrected chi connectivity index (χ0v) is 16.9. The van der Waals surface area contributed by atoms with Crippen molar-refractivity contribution in [3.8, 4) is 11.3 Å². The van der Waals surface area contributed by atoms with Gasteiger partial charge in [-0.05, 0) is 24.1 Å². The minimum atomic E-state index is 0.420. The Labute approximate surface area is 174 Å². The summed E-state index contributed by atoms with van der Waals surface area (Å²) >= 11 is 0. The Bertz CT molecular complexity index is 1190. The molecule has 0 saturated heterocycles. The lowest BCUT2D eigenvalue weighted by Gasteiger charge is -2.19. The van der Waals surface area contributed by atoms with Crippen molar-refractivity contribution < 1.29 is 0 Å². The molecule has 0 unspecified atom stereocenters. The molecule has 2 heterocycles. The molecule has 152 valence electrons. The lowest BCUT2D eigenvalue weighted by atomic mass is 10.1. The number of hydrazone groups is 1. The molecule has 0 saturated carbocycles. The Balaban J connectivity index is 1.65. The summed E-state index contributed by atoms with van der Waals surface area (Å²) < 4.78 is 0. The number of nitrogens with two attached hydrogens (primary N) is 2. The molecule has 0 aliphatic heterocycles. The second-order valence-electron chi connectivity index (χ2n) is 7.19. The third-order valence-electron chi connectivity index (χ3n) is 5.00. The molecule has 4 rings (SSSR count). The van der Waals surface area contributed by atoms with Gasteiger partial charge in [-0.3, -0.25) is 0 Å². The van der Waals surface area contributed by atoms with Gasteiger partial charge in [0, 0.05) is 24.8 Å². The topological polar surface area (TPSA) is 121 Å². The number of hydrogen-bond donors (Lipinski definition) is 4. The standard InChI is InChI=1S/C22H24N8/c1-14-4-3-5-15(10-14)12-30(2)22-18-11-19(27-21(18)25-13-26-22)16-6-8-17(9-7-16)20(28-23)29-24/h3-11,13H,12,23-24H2,1-2H3,(H,28,29)(H,25,26,27). The largest absolute Gasteiger partial charge is 0.355 e. The van der Waals surface area contributed by atoms with Crippen LogP contribution in [0.4, 0.5) is 5.82 Å². The average Bonchev–Trinajstić information content (AvgIpc) is 3.19. The highest BCUT2D eigenvalue weighted by atomic mass is 15.3. The summed E-state index contributed by atoms with van der Waals surface area (Å²) in [4.78, 5) is 14.5. The van der Waals surface area contributed by atoms with Crippen LogP contribution in [0.5, 0.6) is 0 Å². The van der Waals surface area contributed by atoms with Crippen LogP contribution < -0.4 is 22.0 Å². The molecule has 30 heavy (non-hydrogen) atoms. The van der Waals surface area contributed by atoms with Gasteiger partial charge in [0.15, 0.2) is 5.84 Å². The molecule has 0 spiro atoms. The van der Waals surface area contributed by atoms with E-state index in [0.717, 1.165) is 40.2 Å². The van der Waals surface area contributed by atoms with Gasteiger partial charge in [0.25, 0.3) is 0 Å². The third-order valence-corrected chi connectivity index (χ3v) is 5.00. The summed E-state index contributed by atoms with van der Waals surface area (Å²) in [6.07, 6.45) is 1.59. The number of aryl methyl sites for hydroxylation is 1. The van der Waals surface area contributed by atoms with Gasteiger partial charge in [-0.2, -0.15) is 5.10 Å². The number of aromatic nitrogens is 3. The number of hydrogen-bond acceptors (Lipinski definition) is 6. The number of nitrogens with one attached hydrogen (secondary N) is 2. The Hall–Kier alpha value is -3.91. The molecule has 6 N–H and O–H groups in total. The van der Waals surface area contributed by atoms with E-state index in [1.807, 2.05) is 31.3 Å². The Morgan fingerprint density at radius 2 is 1.93 bits per heavy atom. The normalized spacial score (nSPS) is 11.6. The first kappa shape index (κ1) is 19.4. The molecule has 0 amide bonds. The Kier molecular flexibility index (Phi) is 5.32. The molecular weight excluding hydrogens is 376 g/mol. The molecule has 0 bridgehead atoms. The van der Waals surface area contributed by atoms with Crippen LogP contribution in [0.2, 0.25) is 0 Å². The fourth-order valence-corrected chi connectivity index (χ4v) is 3.55. The van der Waals surface area contributed by atoms with E-state index in [9.17, 15) is 0 Å². The molecule has 8 heteroatoms. The van der Waals surface area contributed by atoms with Crippen molar-refractivity contribution in [1.82, 2.24) is 20.4 Å². The number of rotatable bonds is 5. The highest BCUT2D eigenvalue weighted by Gasteiger charge is 2.13. The summed E-state index contributed by atoms with van der Waals surface area (Å²) in [6.45, 7) is 2.86. The molecule has 0 radical (unpaired) electrons. The van der Waals surface area contributed by atoms with Gasteiger partial charge in [0.2, 0.25) is 0 Å². The second kappa shape index (κ2) is 8.22. The van der Waals surface area contributed by atoms with Gasteiger partial charge in [0.1, 0.15) is 17.8 Å². The molecule has 0 aliphatic rings. The van der Waals surface area contributed by atoms with Crippen LogP contribution in [0.3, 0.4) is 0 Å². The monoisotopic (exact) mass is 400 g/mol. The third kappa shape index (κ3) is 3.81. The minimum absolute atomic E-state index is 0.420. The van der Waals surface area contributed by atoms with Crippen LogP contribution in [-0.2, 0) is 6.54 Å². The maximum absolute atomic E-state index is 5.44. The van der Waals surface area contributed by atoms with E-state index in [1.165, 1.54) is 11.1 Å². The minimum Gasteiger partial charge on any atom is -0.355 e. The molecule has 2 aromatic heterocycles. The fraction of sp³-hybridized carbons (Fsp3) is 0.136. The van der Waals surface area contributed by atoms with Crippen LogP contribution in [-0.4, -0.2) is 27.8 Å². The van der Waals surface area contributed by atoms with Crippen LogP contribution >= 0.6 is 0 Å². The molecule has 0 fully saturated rings. The van der Waals surface area contributed by atoms with Crippen LogP contribution in [0.1, 0.15) is 16.7 Å². The van der Waals surface area contributed by atoms with Crippen LogP contribution in [0.15, 0.2) is 66.0 Å². The first-order chi connectivity index (χ1) is 14.6. The number of anilines is 1. The van der Waals surface area contributed by atoms with Gasteiger partial charge in [0.05, 0.1) is 5.39 Å². The Morgan fingerprint density at radius 1 is 1.13 bits per heavy atom. The molecule has 2 aromatic carbocycles. The summed E-state index contributed by atoms with van der Waals surface area (Å²) in [7, 11) is 2.04. The van der Waals surface area contributed by atoms with E-state index in [2.05, 4.69) is 67.6 Å². The zero-order chi connectivity index (χ0) is 21.1. The molecule has 4 aromatic rings. The first-order valence-corrected chi connectivity index (χ1v) is 9.54. The van der Waals surface area contributed by atoms with Crippen molar-refractivity contribution in [2.45, 2.75) is 13.5 Å². The first-order valence-electron chi connectivity index (χ1n) is 9.54. The smallest absolute Gasteiger partial charge is 0.166 e. The number of amidine groups is 1. The highest BCUT2D eigenvalue weighted by Crippen LogP contribution is 2.29. The van der Waals surface area contributed by atoms with E-state index in [1.54, 1.807) is 6.33 Å². The highest BCUT2D eigenvalue weighted by molar-refractivity contribution is 5.98. The van der Waals surface area contributed by atoms with E-state index in [4.69, 9.17) is 11.7 Å². The predicted octanol–water partition coefficient (Wildman–Crippen LogP) is 2.65. The second-order valence-corrected chi connectivity index (χ2v) is 7.19. The number of H-pyrrole nitrogens is 1. The van der Waals surface area contributed by atoms with Gasteiger partial charge in [-0.1, -0.05) is 54.1 Å². The lowest BCUT2D eigenvalue weighted by Crippen LogP contribution is -2.31. The van der Waals surface area contributed by atoms with Gasteiger partial charge in [-0.15, -0.1) is 0 Å². The number of benzene rings is 2. The summed E-state index contributed by atoms with van der Waals surface area (Å²) in [6, 6.07) is 18.3. The number of aromatic amines is 1. The van der Waals surface area contributed by atoms with Crippen molar-refractivity contribution in [1.29, 1.82) is 0 Å².